The lowest BCUT2D eigenvalue weighted by Gasteiger charge is -2.16. The van der Waals surface area contributed by atoms with Crippen molar-refractivity contribution in [2.45, 2.75) is 13.0 Å². The van der Waals surface area contributed by atoms with Gasteiger partial charge in [0.1, 0.15) is 11.4 Å². The van der Waals surface area contributed by atoms with E-state index < -0.39 is 4.92 Å². The molecule has 0 heterocycles. The molecule has 1 atom stereocenters. The zero-order chi connectivity index (χ0) is 14.5. The van der Waals surface area contributed by atoms with Gasteiger partial charge in [-0.25, -0.2) is 0 Å². The van der Waals surface area contributed by atoms with Gasteiger partial charge in [-0.3, -0.25) is 10.1 Å². The number of nitrogens with one attached hydrogen (secondary N) is 1. The Hall–Kier alpha value is -2.56. The Morgan fingerprint density at radius 1 is 1.20 bits per heavy atom. The van der Waals surface area contributed by atoms with Gasteiger partial charge in [-0.05, 0) is 24.6 Å². The van der Waals surface area contributed by atoms with Crippen molar-refractivity contribution in [1.29, 1.82) is 0 Å². The van der Waals surface area contributed by atoms with Crippen molar-refractivity contribution in [3.8, 4) is 5.75 Å². The quantitative estimate of drug-likeness (QED) is 0.664. The molecule has 5 heteroatoms. The van der Waals surface area contributed by atoms with E-state index in [-0.39, 0.29) is 11.7 Å². The monoisotopic (exact) mass is 272 g/mol. The van der Waals surface area contributed by atoms with Crippen molar-refractivity contribution in [1.82, 2.24) is 0 Å². The van der Waals surface area contributed by atoms with Gasteiger partial charge in [-0.2, -0.15) is 0 Å². The summed E-state index contributed by atoms with van der Waals surface area (Å²) >= 11 is 0. The molecule has 1 unspecified atom stereocenters. The maximum atomic E-state index is 11.1. The van der Waals surface area contributed by atoms with Crippen LogP contribution in [0.25, 0.3) is 0 Å². The van der Waals surface area contributed by atoms with Gasteiger partial charge in [-0.15, -0.1) is 0 Å². The van der Waals surface area contributed by atoms with E-state index in [0.29, 0.717) is 11.4 Å². The number of hydrogen-bond acceptors (Lipinski definition) is 4. The van der Waals surface area contributed by atoms with Gasteiger partial charge in [0.2, 0.25) is 0 Å². The fourth-order valence-electron chi connectivity index (χ4n) is 1.97. The highest BCUT2D eigenvalue weighted by atomic mass is 16.6. The summed E-state index contributed by atoms with van der Waals surface area (Å²) in [5.41, 5.74) is 1.55. The number of nitrogens with zero attached hydrogens (tertiary/aromatic N) is 1. The largest absolute Gasteiger partial charge is 0.496 e. The second-order valence-corrected chi connectivity index (χ2v) is 4.42. The molecular formula is C15H16N2O3. The fourth-order valence-corrected chi connectivity index (χ4v) is 1.97. The second kappa shape index (κ2) is 6.06. The number of rotatable bonds is 5. The molecule has 104 valence electrons. The molecule has 0 aromatic heterocycles. The summed E-state index contributed by atoms with van der Waals surface area (Å²) in [6.45, 7) is 1.96. The van der Waals surface area contributed by atoms with Crippen molar-refractivity contribution in [2.24, 2.45) is 0 Å². The average molecular weight is 272 g/mol. The molecule has 0 aliphatic heterocycles. The van der Waals surface area contributed by atoms with Gasteiger partial charge in [-0.1, -0.05) is 30.3 Å². The number of ether oxygens (including phenoxy) is 1. The number of benzene rings is 2. The molecule has 2 aromatic rings. The van der Waals surface area contributed by atoms with Crippen LogP contribution in [0.2, 0.25) is 0 Å². The van der Waals surface area contributed by atoms with Gasteiger partial charge >= 0.3 is 0 Å². The highest BCUT2D eigenvalue weighted by Crippen LogP contribution is 2.31. The highest BCUT2D eigenvalue weighted by molar-refractivity contribution is 5.64. The van der Waals surface area contributed by atoms with E-state index >= 15 is 0 Å². The molecule has 0 aliphatic rings. The van der Waals surface area contributed by atoms with Crippen molar-refractivity contribution >= 4 is 11.4 Å². The van der Waals surface area contributed by atoms with E-state index in [2.05, 4.69) is 5.32 Å². The molecule has 1 N–H and O–H groups in total. The summed E-state index contributed by atoms with van der Waals surface area (Å²) < 4.78 is 5.02. The minimum absolute atomic E-state index is 0.00660. The predicted octanol–water partition coefficient (Wildman–Crippen LogP) is 3.78. The summed E-state index contributed by atoms with van der Waals surface area (Å²) in [6.07, 6.45) is 0. The van der Waals surface area contributed by atoms with Gasteiger partial charge in [0.05, 0.1) is 18.1 Å². The molecule has 0 saturated heterocycles. The van der Waals surface area contributed by atoms with Crippen molar-refractivity contribution in [2.75, 3.05) is 12.4 Å². The fraction of sp³-hybridized carbons (Fsp3) is 0.200. The molecular weight excluding hydrogens is 256 g/mol. The van der Waals surface area contributed by atoms with Crippen LogP contribution in [0.15, 0.2) is 48.5 Å². The van der Waals surface area contributed by atoms with Gasteiger partial charge in [0.25, 0.3) is 5.69 Å². The van der Waals surface area contributed by atoms with Gasteiger partial charge < -0.3 is 10.1 Å². The van der Waals surface area contributed by atoms with Gasteiger partial charge in [0.15, 0.2) is 0 Å². The lowest BCUT2D eigenvalue weighted by atomic mass is 10.1. The third kappa shape index (κ3) is 3.06. The molecule has 20 heavy (non-hydrogen) atoms. The first-order valence-electron chi connectivity index (χ1n) is 6.25. The normalized spacial score (nSPS) is 11.7. The minimum Gasteiger partial charge on any atom is -0.496 e. The number of hydrogen-bond donors (Lipinski definition) is 1. The Labute approximate surface area is 117 Å². The molecule has 0 amide bonds. The van der Waals surface area contributed by atoms with Crippen LogP contribution in [0, 0.1) is 10.1 Å². The Bertz CT molecular complexity index is 599. The van der Waals surface area contributed by atoms with Crippen LogP contribution in [0.3, 0.4) is 0 Å². The molecule has 0 fully saturated rings. The number of nitro groups is 1. The Kier molecular flexibility index (Phi) is 4.20. The van der Waals surface area contributed by atoms with Crippen molar-refractivity contribution < 1.29 is 9.66 Å². The Balaban J connectivity index is 2.27. The van der Waals surface area contributed by atoms with Crippen LogP contribution < -0.4 is 10.1 Å². The maximum absolute atomic E-state index is 11.1. The SMILES string of the molecule is COc1ccc(NC(C)c2ccccc2)c([N+](=O)[O-])c1. The lowest BCUT2D eigenvalue weighted by molar-refractivity contribution is -0.384. The lowest BCUT2D eigenvalue weighted by Crippen LogP contribution is -2.08. The molecule has 0 spiro atoms. The number of methoxy groups -OCH3 is 1. The van der Waals surface area contributed by atoms with Crippen LogP contribution in [0.4, 0.5) is 11.4 Å². The van der Waals surface area contributed by atoms with E-state index in [1.54, 1.807) is 12.1 Å². The number of nitro benzene ring substituents is 1. The van der Waals surface area contributed by atoms with Crippen LogP contribution in [0.1, 0.15) is 18.5 Å². The molecule has 0 saturated carbocycles. The first kappa shape index (κ1) is 13.9. The first-order valence-corrected chi connectivity index (χ1v) is 6.25. The van der Waals surface area contributed by atoms with E-state index in [1.807, 2.05) is 37.3 Å². The van der Waals surface area contributed by atoms with E-state index in [1.165, 1.54) is 13.2 Å². The summed E-state index contributed by atoms with van der Waals surface area (Å²) in [4.78, 5) is 10.7. The Morgan fingerprint density at radius 2 is 1.90 bits per heavy atom. The van der Waals surface area contributed by atoms with Crippen molar-refractivity contribution in [3.05, 3.63) is 64.2 Å². The topological polar surface area (TPSA) is 64.4 Å². The van der Waals surface area contributed by atoms with Crippen LogP contribution in [-0.2, 0) is 0 Å². The smallest absolute Gasteiger partial charge is 0.296 e. The van der Waals surface area contributed by atoms with E-state index in [0.717, 1.165) is 5.56 Å². The molecule has 0 aliphatic carbocycles. The zero-order valence-corrected chi connectivity index (χ0v) is 11.4. The van der Waals surface area contributed by atoms with Gasteiger partial charge in [0, 0.05) is 6.04 Å². The number of anilines is 1. The average Bonchev–Trinajstić information content (AvgIpc) is 2.48. The first-order chi connectivity index (χ1) is 9.61. The summed E-state index contributed by atoms with van der Waals surface area (Å²) in [5, 5.41) is 14.3. The minimum atomic E-state index is -0.414. The summed E-state index contributed by atoms with van der Waals surface area (Å²) in [5.74, 6) is 0.467. The van der Waals surface area contributed by atoms with E-state index in [9.17, 15) is 10.1 Å². The molecule has 0 bridgehead atoms. The van der Waals surface area contributed by atoms with Crippen LogP contribution >= 0.6 is 0 Å². The summed E-state index contributed by atoms with van der Waals surface area (Å²) in [6, 6.07) is 14.5. The Morgan fingerprint density at radius 3 is 2.50 bits per heavy atom. The standard InChI is InChI=1S/C15H16N2O3/c1-11(12-6-4-3-5-7-12)16-14-9-8-13(20-2)10-15(14)17(18)19/h3-11,16H,1-2H3. The summed E-state index contributed by atoms with van der Waals surface area (Å²) in [7, 11) is 1.48. The predicted molar refractivity (Wildman–Crippen MR) is 78.1 cm³/mol. The van der Waals surface area contributed by atoms with Crippen molar-refractivity contribution in [3.63, 3.8) is 0 Å². The molecule has 0 radical (unpaired) electrons. The second-order valence-electron chi connectivity index (χ2n) is 4.42. The van der Waals surface area contributed by atoms with Crippen LogP contribution in [-0.4, -0.2) is 12.0 Å². The highest BCUT2D eigenvalue weighted by Gasteiger charge is 2.17. The molecule has 2 rings (SSSR count). The molecule has 2 aromatic carbocycles. The van der Waals surface area contributed by atoms with Crippen LogP contribution in [0.5, 0.6) is 5.75 Å². The third-order valence-electron chi connectivity index (χ3n) is 3.07. The maximum Gasteiger partial charge on any atom is 0.296 e. The molecule has 5 nitrogen and oxygen atoms in total. The zero-order valence-electron chi connectivity index (χ0n) is 11.4. The van der Waals surface area contributed by atoms with E-state index in [4.69, 9.17) is 4.74 Å². The third-order valence-corrected chi connectivity index (χ3v) is 3.07.